The van der Waals surface area contributed by atoms with Crippen LogP contribution >= 0.6 is 0 Å². The number of nitrogens with one attached hydrogen (secondary N) is 1. The van der Waals surface area contributed by atoms with Crippen molar-refractivity contribution in [1.29, 1.82) is 0 Å². The van der Waals surface area contributed by atoms with E-state index < -0.39 is 10.8 Å². The average Bonchev–Trinajstić information content (AvgIpc) is 3.25. The number of nitro groups is 1. The zero-order valence-electron chi connectivity index (χ0n) is 18.1. The summed E-state index contributed by atoms with van der Waals surface area (Å²) in [7, 11) is 0. The van der Waals surface area contributed by atoms with E-state index in [2.05, 4.69) is 15.6 Å². The predicted molar refractivity (Wildman–Crippen MR) is 127 cm³/mol. The number of nitro benzene ring substituents is 1. The fourth-order valence-corrected chi connectivity index (χ4v) is 3.32. The monoisotopic (exact) mass is 439 g/mol. The van der Waals surface area contributed by atoms with E-state index in [0.29, 0.717) is 5.56 Å². The van der Waals surface area contributed by atoms with Crippen LogP contribution in [0.25, 0.3) is 16.9 Å². The maximum atomic E-state index is 12.8. The fourth-order valence-electron chi connectivity index (χ4n) is 3.32. The van der Waals surface area contributed by atoms with Gasteiger partial charge in [0.15, 0.2) is 5.69 Å². The molecule has 4 aromatic rings. The second-order valence-electron chi connectivity index (χ2n) is 7.58. The Morgan fingerprint density at radius 2 is 1.76 bits per heavy atom. The Kier molecular flexibility index (Phi) is 6.08. The van der Waals surface area contributed by atoms with Gasteiger partial charge in [0, 0.05) is 23.3 Å². The van der Waals surface area contributed by atoms with Gasteiger partial charge in [-0.25, -0.2) is 10.1 Å². The number of hydrazone groups is 1. The summed E-state index contributed by atoms with van der Waals surface area (Å²) in [5.41, 5.74) is 7.83. The lowest BCUT2D eigenvalue weighted by atomic mass is 10.1. The van der Waals surface area contributed by atoms with E-state index in [1.54, 1.807) is 22.9 Å². The van der Waals surface area contributed by atoms with Crippen molar-refractivity contribution in [3.8, 4) is 16.9 Å². The van der Waals surface area contributed by atoms with E-state index in [-0.39, 0.29) is 11.4 Å². The highest BCUT2D eigenvalue weighted by Crippen LogP contribution is 2.25. The maximum absolute atomic E-state index is 12.8. The molecule has 0 aliphatic carbocycles. The standard InChI is InChI=1S/C25H21N5O3/c1-17-9-11-20(12-10-17)24-15-23(28-29(24)21-7-3-5-18(2)13-21)25(31)27-26-16-19-6-4-8-22(14-19)30(32)33/h3-16H,1-2H3,(H,27,31)/b26-16-. The summed E-state index contributed by atoms with van der Waals surface area (Å²) in [4.78, 5) is 23.2. The first-order chi connectivity index (χ1) is 15.9. The summed E-state index contributed by atoms with van der Waals surface area (Å²) < 4.78 is 1.73. The van der Waals surface area contributed by atoms with Crippen LogP contribution in [0.15, 0.2) is 84.0 Å². The largest absolute Gasteiger partial charge is 0.291 e. The summed E-state index contributed by atoms with van der Waals surface area (Å²) in [6, 6.07) is 23.5. The third-order valence-corrected chi connectivity index (χ3v) is 5.00. The number of aryl methyl sites for hydroxylation is 2. The first-order valence-corrected chi connectivity index (χ1v) is 10.2. The van der Waals surface area contributed by atoms with E-state index in [1.165, 1.54) is 18.3 Å². The quantitative estimate of drug-likeness (QED) is 0.264. The van der Waals surface area contributed by atoms with Crippen LogP contribution in [0.2, 0.25) is 0 Å². The molecule has 1 heterocycles. The Morgan fingerprint density at radius 3 is 2.48 bits per heavy atom. The van der Waals surface area contributed by atoms with Crippen LogP contribution in [0.3, 0.4) is 0 Å². The van der Waals surface area contributed by atoms with Gasteiger partial charge in [-0.2, -0.15) is 10.2 Å². The second kappa shape index (κ2) is 9.27. The zero-order valence-corrected chi connectivity index (χ0v) is 18.1. The van der Waals surface area contributed by atoms with Crippen molar-refractivity contribution in [3.05, 3.63) is 111 Å². The summed E-state index contributed by atoms with van der Waals surface area (Å²) in [5.74, 6) is -0.489. The third kappa shape index (κ3) is 5.01. The Bertz CT molecular complexity index is 1360. The lowest BCUT2D eigenvalue weighted by molar-refractivity contribution is -0.384. The molecular weight excluding hydrogens is 418 g/mol. The van der Waals surface area contributed by atoms with Crippen molar-refractivity contribution in [2.75, 3.05) is 0 Å². The maximum Gasteiger partial charge on any atom is 0.291 e. The van der Waals surface area contributed by atoms with Gasteiger partial charge in [0.1, 0.15) is 0 Å². The number of hydrogen-bond acceptors (Lipinski definition) is 5. The number of carbonyl (C=O) groups excluding carboxylic acids is 1. The fraction of sp³-hybridized carbons (Fsp3) is 0.0800. The third-order valence-electron chi connectivity index (χ3n) is 5.00. The predicted octanol–water partition coefficient (Wildman–Crippen LogP) is 4.83. The highest BCUT2D eigenvalue weighted by Gasteiger charge is 2.17. The van der Waals surface area contributed by atoms with Gasteiger partial charge in [0.05, 0.1) is 22.5 Å². The van der Waals surface area contributed by atoms with Gasteiger partial charge in [-0.05, 0) is 37.6 Å². The van der Waals surface area contributed by atoms with E-state index in [9.17, 15) is 14.9 Å². The molecule has 164 valence electrons. The molecule has 0 unspecified atom stereocenters. The van der Waals surface area contributed by atoms with E-state index in [0.717, 1.165) is 28.1 Å². The molecule has 0 fully saturated rings. The topological polar surface area (TPSA) is 102 Å². The summed E-state index contributed by atoms with van der Waals surface area (Å²) in [6.07, 6.45) is 1.35. The van der Waals surface area contributed by atoms with Crippen molar-refractivity contribution < 1.29 is 9.72 Å². The molecule has 0 aliphatic heterocycles. The van der Waals surface area contributed by atoms with Gasteiger partial charge in [-0.3, -0.25) is 14.9 Å². The molecule has 0 atom stereocenters. The Labute approximate surface area is 190 Å². The highest BCUT2D eigenvalue weighted by molar-refractivity contribution is 5.94. The van der Waals surface area contributed by atoms with E-state index in [4.69, 9.17) is 0 Å². The minimum Gasteiger partial charge on any atom is -0.265 e. The van der Waals surface area contributed by atoms with Crippen LogP contribution in [0.5, 0.6) is 0 Å². The lowest BCUT2D eigenvalue weighted by Gasteiger charge is -2.08. The number of hydrogen-bond donors (Lipinski definition) is 1. The van der Waals surface area contributed by atoms with Gasteiger partial charge >= 0.3 is 0 Å². The van der Waals surface area contributed by atoms with E-state index in [1.807, 2.05) is 62.4 Å². The molecule has 0 radical (unpaired) electrons. The molecule has 0 saturated carbocycles. The van der Waals surface area contributed by atoms with E-state index >= 15 is 0 Å². The molecule has 8 heteroatoms. The minimum atomic E-state index is -0.489. The molecule has 0 bridgehead atoms. The first-order valence-electron chi connectivity index (χ1n) is 10.2. The Hall–Kier alpha value is -4.59. The molecule has 3 aromatic carbocycles. The highest BCUT2D eigenvalue weighted by atomic mass is 16.6. The molecule has 1 N–H and O–H groups in total. The normalized spacial score (nSPS) is 11.0. The number of rotatable bonds is 6. The van der Waals surface area contributed by atoms with Crippen molar-refractivity contribution in [2.24, 2.45) is 5.10 Å². The molecule has 33 heavy (non-hydrogen) atoms. The molecular formula is C25H21N5O3. The number of amides is 1. The average molecular weight is 439 g/mol. The van der Waals surface area contributed by atoms with Crippen LogP contribution in [0.1, 0.15) is 27.2 Å². The number of aromatic nitrogens is 2. The van der Waals surface area contributed by atoms with Crippen LogP contribution < -0.4 is 5.43 Å². The molecule has 1 aromatic heterocycles. The number of non-ortho nitro benzene ring substituents is 1. The summed E-state index contributed by atoms with van der Waals surface area (Å²) >= 11 is 0. The summed E-state index contributed by atoms with van der Waals surface area (Å²) in [6.45, 7) is 4.01. The van der Waals surface area contributed by atoms with Crippen LogP contribution in [-0.4, -0.2) is 26.8 Å². The van der Waals surface area contributed by atoms with Gasteiger partial charge in [0.2, 0.25) is 0 Å². The van der Waals surface area contributed by atoms with Crippen LogP contribution in [-0.2, 0) is 0 Å². The molecule has 0 saturated heterocycles. The van der Waals surface area contributed by atoms with Crippen molar-refractivity contribution >= 4 is 17.8 Å². The number of nitrogens with zero attached hydrogens (tertiary/aromatic N) is 4. The van der Waals surface area contributed by atoms with Gasteiger partial charge in [-0.1, -0.05) is 54.1 Å². The van der Waals surface area contributed by atoms with Gasteiger partial charge in [0.25, 0.3) is 11.6 Å². The summed E-state index contributed by atoms with van der Waals surface area (Å²) in [5, 5.41) is 19.4. The lowest BCUT2D eigenvalue weighted by Crippen LogP contribution is -2.18. The Morgan fingerprint density at radius 1 is 1.00 bits per heavy atom. The first kappa shape index (κ1) is 21.6. The minimum absolute atomic E-state index is 0.0510. The second-order valence-corrected chi connectivity index (χ2v) is 7.58. The van der Waals surface area contributed by atoms with Crippen molar-refractivity contribution in [1.82, 2.24) is 15.2 Å². The smallest absolute Gasteiger partial charge is 0.265 e. The molecule has 1 amide bonds. The van der Waals surface area contributed by atoms with Crippen molar-refractivity contribution in [3.63, 3.8) is 0 Å². The SMILES string of the molecule is Cc1ccc(-c2cc(C(=O)N/N=C\c3cccc([N+](=O)[O-])c3)nn2-c2cccc(C)c2)cc1. The molecule has 0 spiro atoms. The van der Waals surface area contributed by atoms with Crippen LogP contribution in [0.4, 0.5) is 5.69 Å². The van der Waals surface area contributed by atoms with Crippen LogP contribution in [0, 0.1) is 24.0 Å². The molecule has 4 rings (SSSR count). The van der Waals surface area contributed by atoms with Gasteiger partial charge in [-0.15, -0.1) is 0 Å². The van der Waals surface area contributed by atoms with Gasteiger partial charge < -0.3 is 0 Å². The molecule has 8 nitrogen and oxygen atoms in total. The number of benzene rings is 3. The van der Waals surface area contributed by atoms with Crippen molar-refractivity contribution in [2.45, 2.75) is 13.8 Å². The zero-order chi connectivity index (χ0) is 23.4. The number of carbonyl (C=O) groups is 1. The Balaban J connectivity index is 1.63. The molecule has 0 aliphatic rings.